The molecule has 0 N–H and O–H groups in total. The lowest BCUT2D eigenvalue weighted by molar-refractivity contribution is -0.180. The maximum absolute atomic E-state index is 12.0. The van der Waals surface area contributed by atoms with Crippen molar-refractivity contribution in [3.8, 4) is 0 Å². The number of carbonyl (C=O) groups is 1. The number of hydroxylamine groups is 2. The van der Waals surface area contributed by atoms with E-state index in [2.05, 4.69) is 0 Å². The van der Waals surface area contributed by atoms with Crippen LogP contribution in [0.4, 0.5) is 0 Å². The van der Waals surface area contributed by atoms with E-state index >= 15 is 0 Å². The summed E-state index contributed by atoms with van der Waals surface area (Å²) in [6.07, 6.45) is 5.72. The molecule has 0 unspecified atom stereocenters. The van der Waals surface area contributed by atoms with Gasteiger partial charge in [0.25, 0.3) is 5.91 Å². The van der Waals surface area contributed by atoms with Crippen molar-refractivity contribution in [2.24, 2.45) is 11.3 Å². The summed E-state index contributed by atoms with van der Waals surface area (Å²) in [5.74, 6) is 1.00. The van der Waals surface area contributed by atoms with E-state index in [1.165, 1.54) is 17.9 Å². The first-order valence-corrected chi connectivity index (χ1v) is 5.00. The van der Waals surface area contributed by atoms with Crippen LogP contribution in [-0.4, -0.2) is 25.1 Å². The van der Waals surface area contributed by atoms with Gasteiger partial charge < -0.3 is 0 Å². The maximum Gasteiger partial charge on any atom is 0.252 e. The van der Waals surface area contributed by atoms with E-state index in [1.54, 1.807) is 14.2 Å². The Bertz CT molecular complexity index is 219. The van der Waals surface area contributed by atoms with Gasteiger partial charge in [0.15, 0.2) is 0 Å². The monoisotopic (exact) mass is 183 g/mol. The van der Waals surface area contributed by atoms with Crippen LogP contribution in [0.25, 0.3) is 0 Å². The molecule has 0 aromatic heterocycles. The molecule has 0 heterocycles. The number of rotatable bonds is 2. The minimum atomic E-state index is -0.0462. The molecule has 13 heavy (non-hydrogen) atoms. The Hall–Kier alpha value is -0.570. The highest BCUT2D eigenvalue weighted by molar-refractivity contribution is 5.82. The van der Waals surface area contributed by atoms with Crippen LogP contribution in [-0.2, 0) is 9.63 Å². The molecular formula is C10H17NO2. The number of carbonyl (C=O) groups excluding carboxylic acids is 1. The molecule has 0 aromatic rings. The Morgan fingerprint density at radius 1 is 1.46 bits per heavy atom. The van der Waals surface area contributed by atoms with E-state index in [9.17, 15) is 4.79 Å². The molecule has 74 valence electrons. The highest BCUT2D eigenvalue weighted by atomic mass is 16.7. The van der Waals surface area contributed by atoms with Crippen molar-refractivity contribution < 1.29 is 9.63 Å². The van der Waals surface area contributed by atoms with Crippen LogP contribution in [0.15, 0.2) is 0 Å². The quantitative estimate of drug-likeness (QED) is 0.608. The first-order chi connectivity index (χ1) is 6.18. The van der Waals surface area contributed by atoms with Gasteiger partial charge in [0.1, 0.15) is 0 Å². The van der Waals surface area contributed by atoms with Gasteiger partial charge in [0, 0.05) is 7.05 Å². The Morgan fingerprint density at radius 2 is 2.08 bits per heavy atom. The molecule has 0 aliphatic heterocycles. The average molecular weight is 183 g/mol. The lowest BCUT2D eigenvalue weighted by atomic mass is 9.83. The molecule has 2 bridgehead atoms. The summed E-state index contributed by atoms with van der Waals surface area (Å²) < 4.78 is 0. The maximum atomic E-state index is 12.0. The Labute approximate surface area is 79.0 Å². The zero-order chi connectivity index (χ0) is 9.47. The molecule has 0 radical (unpaired) electrons. The fourth-order valence-corrected chi connectivity index (χ4v) is 2.91. The summed E-state index contributed by atoms with van der Waals surface area (Å²) in [6, 6.07) is 0. The minimum Gasteiger partial charge on any atom is -0.275 e. The molecule has 2 fully saturated rings. The third-order valence-corrected chi connectivity index (χ3v) is 3.76. The zero-order valence-corrected chi connectivity index (χ0v) is 8.38. The van der Waals surface area contributed by atoms with Gasteiger partial charge in [0.2, 0.25) is 0 Å². The molecule has 0 saturated heterocycles. The second kappa shape index (κ2) is 2.98. The molecular weight excluding hydrogens is 166 g/mol. The summed E-state index contributed by atoms with van der Waals surface area (Å²) in [4.78, 5) is 16.9. The van der Waals surface area contributed by atoms with E-state index < -0.39 is 0 Å². The van der Waals surface area contributed by atoms with Crippen molar-refractivity contribution in [3.05, 3.63) is 0 Å². The SMILES string of the molecule is CON(C)C(=O)C12CCC(CC1)C2. The number of nitrogens with zero attached hydrogens (tertiary/aromatic N) is 1. The average Bonchev–Trinajstić information content (AvgIpc) is 2.76. The summed E-state index contributed by atoms with van der Waals surface area (Å²) in [7, 11) is 3.26. The first-order valence-electron chi connectivity index (χ1n) is 5.00. The predicted molar refractivity (Wildman–Crippen MR) is 48.8 cm³/mol. The number of fused-ring (bicyclic) bond motifs is 2. The Morgan fingerprint density at radius 3 is 2.46 bits per heavy atom. The molecule has 0 spiro atoms. The van der Waals surface area contributed by atoms with Gasteiger partial charge >= 0.3 is 0 Å². The van der Waals surface area contributed by atoms with Crippen LogP contribution >= 0.6 is 0 Å². The Balaban J connectivity index is 2.11. The topological polar surface area (TPSA) is 29.5 Å². The van der Waals surface area contributed by atoms with Crippen LogP contribution in [0.1, 0.15) is 32.1 Å². The third kappa shape index (κ3) is 1.26. The molecule has 2 saturated carbocycles. The molecule has 0 aromatic carbocycles. The van der Waals surface area contributed by atoms with Crippen LogP contribution in [0.3, 0.4) is 0 Å². The van der Waals surface area contributed by atoms with E-state index in [1.807, 2.05) is 0 Å². The van der Waals surface area contributed by atoms with Crippen molar-refractivity contribution in [2.75, 3.05) is 14.2 Å². The summed E-state index contributed by atoms with van der Waals surface area (Å²) in [5, 5.41) is 1.40. The second-order valence-electron chi connectivity index (χ2n) is 4.41. The molecule has 1 amide bonds. The van der Waals surface area contributed by atoms with E-state index in [0.29, 0.717) is 0 Å². The number of amides is 1. The first kappa shape index (κ1) is 9.00. The lowest BCUT2D eigenvalue weighted by Crippen LogP contribution is -2.38. The van der Waals surface area contributed by atoms with Gasteiger partial charge in [-0.15, -0.1) is 0 Å². The molecule has 3 nitrogen and oxygen atoms in total. The van der Waals surface area contributed by atoms with Crippen LogP contribution in [0, 0.1) is 11.3 Å². The predicted octanol–water partition coefficient (Wildman–Crippen LogP) is 1.59. The zero-order valence-electron chi connectivity index (χ0n) is 8.38. The van der Waals surface area contributed by atoms with Gasteiger partial charge in [-0.1, -0.05) is 0 Å². The van der Waals surface area contributed by atoms with Gasteiger partial charge in [-0.05, 0) is 38.0 Å². The smallest absolute Gasteiger partial charge is 0.252 e. The molecule has 2 rings (SSSR count). The van der Waals surface area contributed by atoms with Crippen molar-refractivity contribution in [1.29, 1.82) is 0 Å². The van der Waals surface area contributed by atoms with Crippen LogP contribution in [0.2, 0.25) is 0 Å². The van der Waals surface area contributed by atoms with Crippen molar-refractivity contribution in [2.45, 2.75) is 32.1 Å². The van der Waals surface area contributed by atoms with E-state index in [-0.39, 0.29) is 11.3 Å². The van der Waals surface area contributed by atoms with Crippen molar-refractivity contribution in [3.63, 3.8) is 0 Å². The van der Waals surface area contributed by atoms with Crippen molar-refractivity contribution in [1.82, 2.24) is 5.06 Å². The van der Waals surface area contributed by atoms with E-state index in [0.717, 1.165) is 25.2 Å². The minimum absolute atomic E-state index is 0.0462. The summed E-state index contributed by atoms with van der Waals surface area (Å²) in [5.41, 5.74) is -0.0462. The summed E-state index contributed by atoms with van der Waals surface area (Å²) in [6.45, 7) is 0. The van der Waals surface area contributed by atoms with Crippen LogP contribution < -0.4 is 0 Å². The molecule has 0 atom stereocenters. The number of hydrogen-bond acceptors (Lipinski definition) is 2. The fraction of sp³-hybridized carbons (Fsp3) is 0.900. The van der Waals surface area contributed by atoms with Gasteiger partial charge in [-0.25, -0.2) is 5.06 Å². The molecule has 2 aliphatic carbocycles. The highest BCUT2D eigenvalue weighted by Gasteiger charge is 2.51. The molecule has 2 aliphatic rings. The van der Waals surface area contributed by atoms with Gasteiger partial charge in [-0.2, -0.15) is 0 Å². The third-order valence-electron chi connectivity index (χ3n) is 3.76. The van der Waals surface area contributed by atoms with Gasteiger partial charge in [0.05, 0.1) is 12.5 Å². The highest BCUT2D eigenvalue weighted by Crippen LogP contribution is 2.54. The second-order valence-corrected chi connectivity index (χ2v) is 4.41. The lowest BCUT2D eigenvalue weighted by Gasteiger charge is -2.28. The van der Waals surface area contributed by atoms with E-state index in [4.69, 9.17) is 4.84 Å². The standard InChI is InChI=1S/C10H17NO2/c1-11(13-2)9(12)10-5-3-8(7-10)4-6-10/h8H,3-7H2,1-2H3. The van der Waals surface area contributed by atoms with Crippen molar-refractivity contribution >= 4 is 5.91 Å². The van der Waals surface area contributed by atoms with Gasteiger partial charge in [-0.3, -0.25) is 9.63 Å². The summed E-state index contributed by atoms with van der Waals surface area (Å²) >= 11 is 0. The Kier molecular flexibility index (Phi) is 2.06. The fourth-order valence-electron chi connectivity index (χ4n) is 2.91. The molecule has 3 heteroatoms. The number of hydrogen-bond donors (Lipinski definition) is 0. The van der Waals surface area contributed by atoms with Crippen LogP contribution in [0.5, 0.6) is 0 Å². The normalized spacial score (nSPS) is 36.6. The largest absolute Gasteiger partial charge is 0.275 e.